The van der Waals surface area contributed by atoms with Crippen molar-refractivity contribution < 1.29 is 23.5 Å². The van der Waals surface area contributed by atoms with Gasteiger partial charge in [-0.25, -0.2) is 8.78 Å². The molecule has 0 bridgehead atoms. The molecule has 0 heterocycles. The molecule has 136 valence electrons. The van der Waals surface area contributed by atoms with Gasteiger partial charge in [-0.15, -0.1) is 0 Å². The molecule has 0 amide bonds. The molecule has 0 spiro atoms. The molecule has 0 aromatic heterocycles. The lowest BCUT2D eigenvalue weighted by Gasteiger charge is -2.32. The highest BCUT2D eigenvalue weighted by molar-refractivity contribution is 5.94. The van der Waals surface area contributed by atoms with Crippen LogP contribution in [0.4, 0.5) is 8.78 Å². The Labute approximate surface area is 146 Å². The van der Waals surface area contributed by atoms with Gasteiger partial charge in [0.1, 0.15) is 6.54 Å². The predicted octanol–water partition coefficient (Wildman–Crippen LogP) is 3.70. The maximum Gasteiger partial charge on any atom is 0.323 e. The number of carbonyl (C=O) groups excluding carboxylic acids is 1. The second-order valence-corrected chi connectivity index (χ2v) is 6.49. The summed E-state index contributed by atoms with van der Waals surface area (Å²) >= 11 is 0. The summed E-state index contributed by atoms with van der Waals surface area (Å²) in [6.07, 6.45) is 3.29. The molecule has 1 aliphatic rings. The van der Waals surface area contributed by atoms with Crippen LogP contribution >= 0.6 is 0 Å². The average Bonchev–Trinajstić information content (AvgIpc) is 3.02. The number of halogens is 2. The van der Waals surface area contributed by atoms with Gasteiger partial charge in [-0.3, -0.25) is 9.59 Å². The molecule has 1 aliphatic carbocycles. The third kappa shape index (κ3) is 4.87. The van der Waals surface area contributed by atoms with Gasteiger partial charge in [0, 0.05) is 17.3 Å². The fraction of sp³-hybridized carbons (Fsp3) is 0.474. The monoisotopic (exact) mass is 351 g/mol. The second-order valence-electron chi connectivity index (χ2n) is 6.49. The molecule has 2 rings (SSSR count). The first-order valence-electron chi connectivity index (χ1n) is 8.45. The number of hydrogen-bond acceptors (Lipinski definition) is 3. The van der Waals surface area contributed by atoms with Gasteiger partial charge in [-0.2, -0.15) is 0 Å². The highest BCUT2D eigenvalue weighted by Crippen LogP contribution is 2.31. The molecular formula is C19H23F2NO3. The molecule has 4 nitrogen and oxygen atoms in total. The van der Waals surface area contributed by atoms with Crippen LogP contribution in [-0.2, 0) is 16.0 Å². The fourth-order valence-corrected chi connectivity index (χ4v) is 3.31. The van der Waals surface area contributed by atoms with Crippen LogP contribution in [0, 0.1) is 11.6 Å². The minimum absolute atomic E-state index is 0.0179. The van der Waals surface area contributed by atoms with Crippen LogP contribution < -0.4 is 0 Å². The summed E-state index contributed by atoms with van der Waals surface area (Å²) in [5.41, 5.74) is 2.18. The summed E-state index contributed by atoms with van der Waals surface area (Å²) in [4.78, 5) is 24.8. The molecule has 1 N–H and O–H groups in total. The zero-order chi connectivity index (χ0) is 18.6. The Morgan fingerprint density at radius 2 is 1.96 bits per heavy atom. The smallest absolute Gasteiger partial charge is 0.323 e. The number of nitrogens with zero attached hydrogens (tertiary/aromatic N) is 1. The van der Waals surface area contributed by atoms with E-state index in [9.17, 15) is 23.5 Å². The Bertz CT molecular complexity index is 700. The molecule has 25 heavy (non-hydrogen) atoms. The lowest BCUT2D eigenvalue weighted by atomic mass is 10.0. The maximum absolute atomic E-state index is 13.3. The van der Waals surface area contributed by atoms with Crippen LogP contribution in [0.25, 0.3) is 0 Å². The standard InChI is InChI=1S/C19H23F2NO3/c1-12(6-7-14-8-9-16(20)17(21)10-14)22(11-19(24)25)18-5-3-4-15(18)13(2)23/h8-10,12H,3-7,11H2,1-2H3,(H,24,25). The van der Waals surface area contributed by atoms with Crippen LogP contribution in [0.3, 0.4) is 0 Å². The summed E-state index contributed by atoms with van der Waals surface area (Å²) in [6.45, 7) is 3.22. The first kappa shape index (κ1) is 19.1. The summed E-state index contributed by atoms with van der Waals surface area (Å²) in [7, 11) is 0. The lowest BCUT2D eigenvalue weighted by molar-refractivity contribution is -0.138. The molecule has 1 unspecified atom stereocenters. The van der Waals surface area contributed by atoms with E-state index < -0.39 is 17.6 Å². The van der Waals surface area contributed by atoms with Crippen molar-refractivity contribution in [2.45, 2.75) is 52.0 Å². The van der Waals surface area contributed by atoms with Crippen LogP contribution in [0.15, 0.2) is 29.5 Å². The predicted molar refractivity (Wildman–Crippen MR) is 90.0 cm³/mol. The van der Waals surface area contributed by atoms with Crippen molar-refractivity contribution in [1.29, 1.82) is 0 Å². The Kier molecular flexibility index (Phi) is 6.28. The topological polar surface area (TPSA) is 57.6 Å². The van der Waals surface area contributed by atoms with E-state index in [-0.39, 0.29) is 18.4 Å². The molecule has 0 radical (unpaired) electrons. The van der Waals surface area contributed by atoms with Crippen molar-refractivity contribution in [3.05, 3.63) is 46.7 Å². The largest absolute Gasteiger partial charge is 0.480 e. The lowest BCUT2D eigenvalue weighted by Crippen LogP contribution is -2.37. The molecule has 1 aromatic rings. The Morgan fingerprint density at radius 3 is 2.56 bits per heavy atom. The van der Waals surface area contributed by atoms with Gasteiger partial charge in [0.2, 0.25) is 0 Å². The first-order chi connectivity index (χ1) is 11.8. The number of ketones is 1. The Hall–Kier alpha value is -2.24. The van der Waals surface area contributed by atoms with Crippen LogP contribution in [0.1, 0.15) is 45.1 Å². The third-order valence-corrected chi connectivity index (χ3v) is 4.63. The first-order valence-corrected chi connectivity index (χ1v) is 8.45. The van der Waals surface area contributed by atoms with E-state index in [1.165, 1.54) is 19.1 Å². The number of hydrogen-bond donors (Lipinski definition) is 1. The molecule has 1 aromatic carbocycles. The van der Waals surface area contributed by atoms with E-state index in [4.69, 9.17) is 0 Å². The van der Waals surface area contributed by atoms with Crippen molar-refractivity contribution >= 4 is 11.8 Å². The molecular weight excluding hydrogens is 328 g/mol. The van der Waals surface area contributed by atoms with E-state index in [0.717, 1.165) is 18.2 Å². The number of Topliss-reactive ketones (excluding diaryl/α,β-unsaturated/α-hetero) is 1. The van der Waals surface area contributed by atoms with Gasteiger partial charge >= 0.3 is 5.97 Å². The number of carboxylic acids is 1. The molecule has 0 aliphatic heterocycles. The van der Waals surface area contributed by atoms with Crippen molar-refractivity contribution in [3.63, 3.8) is 0 Å². The summed E-state index contributed by atoms with van der Waals surface area (Å²) in [5, 5.41) is 9.23. The number of carboxylic acid groups (broad SMARTS) is 1. The highest BCUT2D eigenvalue weighted by atomic mass is 19.2. The zero-order valence-corrected chi connectivity index (χ0v) is 14.5. The van der Waals surface area contributed by atoms with Gasteiger partial charge < -0.3 is 10.0 Å². The number of allylic oxidation sites excluding steroid dienone is 2. The number of aryl methyl sites for hydroxylation is 1. The minimum atomic E-state index is -0.957. The summed E-state index contributed by atoms with van der Waals surface area (Å²) in [6, 6.07) is 3.66. The van der Waals surface area contributed by atoms with Crippen molar-refractivity contribution in [3.8, 4) is 0 Å². The summed E-state index contributed by atoms with van der Waals surface area (Å²) in [5.74, 6) is -2.74. The number of rotatable bonds is 8. The second kappa shape index (κ2) is 8.23. The third-order valence-electron chi connectivity index (χ3n) is 4.63. The highest BCUT2D eigenvalue weighted by Gasteiger charge is 2.27. The van der Waals surface area contributed by atoms with Gasteiger partial charge in [0.25, 0.3) is 0 Å². The normalized spacial score (nSPS) is 15.4. The minimum Gasteiger partial charge on any atom is -0.480 e. The number of aliphatic carboxylic acids is 1. The van der Waals surface area contributed by atoms with Crippen LogP contribution in [-0.4, -0.2) is 34.3 Å². The van der Waals surface area contributed by atoms with Crippen LogP contribution in [0.5, 0.6) is 0 Å². The van der Waals surface area contributed by atoms with Gasteiger partial charge in [0.15, 0.2) is 17.4 Å². The fourth-order valence-electron chi connectivity index (χ4n) is 3.31. The zero-order valence-electron chi connectivity index (χ0n) is 14.5. The summed E-state index contributed by atoms with van der Waals surface area (Å²) < 4.78 is 26.3. The van der Waals surface area contributed by atoms with E-state index in [2.05, 4.69) is 0 Å². The van der Waals surface area contributed by atoms with Gasteiger partial charge in [-0.05, 0) is 63.6 Å². The number of benzene rings is 1. The maximum atomic E-state index is 13.3. The van der Waals surface area contributed by atoms with Crippen molar-refractivity contribution in [1.82, 2.24) is 4.90 Å². The SMILES string of the molecule is CC(=O)C1=C(N(CC(=O)O)C(C)CCc2ccc(F)c(F)c2)CCC1. The number of carbonyl (C=O) groups is 2. The molecule has 6 heteroatoms. The van der Waals surface area contributed by atoms with E-state index in [1.807, 2.05) is 6.92 Å². The molecule has 0 saturated heterocycles. The molecule has 1 atom stereocenters. The quantitative estimate of drug-likeness (QED) is 0.776. The van der Waals surface area contributed by atoms with Gasteiger partial charge in [0.05, 0.1) is 0 Å². The van der Waals surface area contributed by atoms with Crippen molar-refractivity contribution in [2.24, 2.45) is 0 Å². The Balaban J connectivity index is 2.14. The Morgan fingerprint density at radius 1 is 1.24 bits per heavy atom. The van der Waals surface area contributed by atoms with E-state index in [0.29, 0.717) is 36.8 Å². The van der Waals surface area contributed by atoms with E-state index >= 15 is 0 Å². The average molecular weight is 351 g/mol. The van der Waals surface area contributed by atoms with E-state index in [1.54, 1.807) is 4.90 Å². The molecule has 0 saturated carbocycles. The van der Waals surface area contributed by atoms with Crippen molar-refractivity contribution in [2.75, 3.05) is 6.54 Å². The van der Waals surface area contributed by atoms with Crippen LogP contribution in [0.2, 0.25) is 0 Å². The van der Waals surface area contributed by atoms with Gasteiger partial charge in [-0.1, -0.05) is 6.07 Å². The molecule has 0 fully saturated rings.